The van der Waals surface area contributed by atoms with Crippen molar-refractivity contribution in [2.45, 2.75) is 13.0 Å². The molecule has 0 bridgehead atoms. The van der Waals surface area contributed by atoms with Crippen LogP contribution < -0.4 is 5.73 Å². The molecule has 0 amide bonds. The minimum atomic E-state index is 0. The zero-order valence-electron chi connectivity index (χ0n) is 6.12. The maximum Gasteiger partial charge on any atom is 0.110 e. The lowest BCUT2D eigenvalue weighted by Crippen LogP contribution is -2.05. The highest BCUT2D eigenvalue weighted by Crippen LogP contribution is 2.17. The lowest BCUT2D eigenvalue weighted by atomic mass is 10.2. The van der Waals surface area contributed by atoms with Gasteiger partial charge in [0.05, 0.1) is 0 Å². The zero-order chi connectivity index (χ0) is 7.56. The van der Waals surface area contributed by atoms with Gasteiger partial charge in [0.2, 0.25) is 0 Å². The molecule has 0 radical (unpaired) electrons. The number of pyridine rings is 1. The predicted octanol–water partition coefficient (Wildman–Crippen LogP) is 2.29. The number of nitrogens with zero attached hydrogens (tertiary/aromatic N) is 1. The maximum atomic E-state index is 5.64. The molecule has 1 rings (SSSR count). The van der Waals surface area contributed by atoms with E-state index >= 15 is 0 Å². The molecule has 1 heterocycles. The van der Waals surface area contributed by atoms with Gasteiger partial charge in [-0.2, -0.15) is 0 Å². The van der Waals surface area contributed by atoms with Gasteiger partial charge >= 0.3 is 0 Å². The molecule has 0 unspecified atom stereocenters. The molecule has 4 heteroatoms. The first-order valence-corrected chi connectivity index (χ1v) is 3.87. The van der Waals surface area contributed by atoms with E-state index in [1.165, 1.54) is 0 Å². The van der Waals surface area contributed by atoms with E-state index in [0.29, 0.717) is 0 Å². The van der Waals surface area contributed by atoms with Crippen LogP contribution in [0.25, 0.3) is 0 Å². The molecule has 2 N–H and O–H groups in total. The van der Waals surface area contributed by atoms with Crippen molar-refractivity contribution in [3.8, 4) is 0 Å². The molecule has 0 aromatic carbocycles. The second kappa shape index (κ2) is 4.70. The summed E-state index contributed by atoms with van der Waals surface area (Å²) in [5, 5.41) is 0. The van der Waals surface area contributed by atoms with Gasteiger partial charge < -0.3 is 5.73 Å². The summed E-state index contributed by atoms with van der Waals surface area (Å²) in [4.78, 5) is 4.04. The van der Waals surface area contributed by atoms with Crippen LogP contribution in [0.1, 0.15) is 18.5 Å². The minimum absolute atomic E-state index is 0. The molecule has 0 aliphatic heterocycles. The SMILES string of the molecule is C[C@@H](N)c1cccnc1Br.Cl. The Morgan fingerprint density at radius 1 is 1.64 bits per heavy atom. The molecule has 11 heavy (non-hydrogen) atoms. The maximum absolute atomic E-state index is 5.64. The van der Waals surface area contributed by atoms with E-state index in [9.17, 15) is 0 Å². The highest BCUT2D eigenvalue weighted by Gasteiger charge is 2.02. The Hall–Kier alpha value is -0.120. The normalized spacial score (nSPS) is 11.9. The highest BCUT2D eigenvalue weighted by atomic mass is 79.9. The average molecular weight is 238 g/mol. The lowest BCUT2D eigenvalue weighted by Gasteiger charge is -2.05. The van der Waals surface area contributed by atoms with Gasteiger partial charge in [0.15, 0.2) is 0 Å². The Morgan fingerprint density at radius 2 is 2.27 bits per heavy atom. The van der Waals surface area contributed by atoms with Crippen LogP contribution in [0.4, 0.5) is 0 Å². The monoisotopic (exact) mass is 236 g/mol. The smallest absolute Gasteiger partial charge is 0.110 e. The van der Waals surface area contributed by atoms with E-state index < -0.39 is 0 Å². The van der Waals surface area contributed by atoms with Crippen molar-refractivity contribution < 1.29 is 0 Å². The highest BCUT2D eigenvalue weighted by molar-refractivity contribution is 9.10. The summed E-state index contributed by atoms with van der Waals surface area (Å²) in [6.07, 6.45) is 1.73. The Morgan fingerprint density at radius 3 is 2.64 bits per heavy atom. The first kappa shape index (κ1) is 10.9. The number of aromatic nitrogens is 1. The van der Waals surface area contributed by atoms with Gasteiger partial charge in [-0.3, -0.25) is 0 Å². The topological polar surface area (TPSA) is 38.9 Å². The fourth-order valence-corrected chi connectivity index (χ4v) is 1.35. The van der Waals surface area contributed by atoms with Crippen LogP contribution in [-0.2, 0) is 0 Å². The van der Waals surface area contributed by atoms with E-state index in [2.05, 4.69) is 20.9 Å². The summed E-state index contributed by atoms with van der Waals surface area (Å²) in [5.74, 6) is 0. The molecule has 1 aromatic heterocycles. The third kappa shape index (κ3) is 2.77. The molecule has 0 fully saturated rings. The van der Waals surface area contributed by atoms with Gasteiger partial charge in [0.25, 0.3) is 0 Å². The number of nitrogens with two attached hydrogens (primary N) is 1. The molecule has 2 nitrogen and oxygen atoms in total. The molecule has 0 aliphatic carbocycles. The van der Waals surface area contributed by atoms with Crippen LogP contribution >= 0.6 is 28.3 Å². The van der Waals surface area contributed by atoms with Crippen LogP contribution in [0, 0.1) is 0 Å². The average Bonchev–Trinajstić information content (AvgIpc) is 1.88. The summed E-state index contributed by atoms with van der Waals surface area (Å²) in [6.45, 7) is 1.93. The summed E-state index contributed by atoms with van der Waals surface area (Å²) >= 11 is 3.31. The molecular weight excluding hydrogens is 227 g/mol. The Labute approximate surface area is 80.7 Å². The van der Waals surface area contributed by atoms with Crippen molar-refractivity contribution in [2.24, 2.45) is 5.73 Å². The van der Waals surface area contributed by atoms with Crippen LogP contribution in [-0.4, -0.2) is 4.98 Å². The van der Waals surface area contributed by atoms with Crippen molar-refractivity contribution in [3.63, 3.8) is 0 Å². The van der Waals surface area contributed by atoms with Gasteiger partial charge in [-0.25, -0.2) is 4.98 Å². The Balaban J connectivity index is 0.000001000. The van der Waals surface area contributed by atoms with E-state index in [4.69, 9.17) is 5.73 Å². The molecule has 1 atom stereocenters. The first-order valence-electron chi connectivity index (χ1n) is 3.08. The Kier molecular flexibility index (Phi) is 4.65. The van der Waals surface area contributed by atoms with Crippen molar-refractivity contribution in [1.82, 2.24) is 4.98 Å². The van der Waals surface area contributed by atoms with Gasteiger partial charge in [-0.05, 0) is 28.9 Å². The van der Waals surface area contributed by atoms with Crippen LogP contribution in [0.2, 0.25) is 0 Å². The molecule has 0 saturated carbocycles. The van der Waals surface area contributed by atoms with Gasteiger partial charge in [-0.15, -0.1) is 12.4 Å². The number of hydrogen-bond donors (Lipinski definition) is 1. The fourth-order valence-electron chi connectivity index (χ4n) is 0.738. The molecule has 1 aromatic rings. The molecule has 0 spiro atoms. The van der Waals surface area contributed by atoms with E-state index in [-0.39, 0.29) is 18.4 Å². The molecule has 0 saturated heterocycles. The quantitative estimate of drug-likeness (QED) is 0.761. The first-order chi connectivity index (χ1) is 4.72. The van der Waals surface area contributed by atoms with Gasteiger partial charge in [0.1, 0.15) is 4.60 Å². The predicted molar refractivity (Wildman–Crippen MR) is 51.8 cm³/mol. The summed E-state index contributed by atoms with van der Waals surface area (Å²) in [7, 11) is 0. The number of rotatable bonds is 1. The van der Waals surface area contributed by atoms with Crippen molar-refractivity contribution in [1.29, 1.82) is 0 Å². The van der Waals surface area contributed by atoms with E-state index in [0.717, 1.165) is 10.2 Å². The van der Waals surface area contributed by atoms with E-state index in [1.807, 2.05) is 19.1 Å². The fraction of sp³-hybridized carbons (Fsp3) is 0.286. The van der Waals surface area contributed by atoms with Crippen LogP contribution in [0.15, 0.2) is 22.9 Å². The van der Waals surface area contributed by atoms with Crippen LogP contribution in [0.3, 0.4) is 0 Å². The van der Waals surface area contributed by atoms with Gasteiger partial charge in [-0.1, -0.05) is 6.07 Å². The van der Waals surface area contributed by atoms with Gasteiger partial charge in [0, 0.05) is 17.8 Å². The minimum Gasteiger partial charge on any atom is -0.324 e. The Bertz CT molecular complexity index is 227. The summed E-state index contributed by atoms with van der Waals surface area (Å²) in [5.41, 5.74) is 6.69. The third-order valence-corrected chi connectivity index (χ3v) is 1.94. The van der Waals surface area contributed by atoms with Crippen molar-refractivity contribution >= 4 is 28.3 Å². The third-order valence-electron chi connectivity index (χ3n) is 1.28. The molecule has 62 valence electrons. The number of halogens is 2. The van der Waals surface area contributed by atoms with Crippen LogP contribution in [0.5, 0.6) is 0 Å². The second-order valence-corrected chi connectivity index (χ2v) is 2.92. The second-order valence-electron chi connectivity index (χ2n) is 2.17. The van der Waals surface area contributed by atoms with Crippen molar-refractivity contribution in [3.05, 3.63) is 28.5 Å². The number of hydrogen-bond acceptors (Lipinski definition) is 2. The molecular formula is C7H10BrClN2. The lowest BCUT2D eigenvalue weighted by molar-refractivity contribution is 0.804. The molecule has 0 aliphatic rings. The van der Waals surface area contributed by atoms with E-state index in [1.54, 1.807) is 6.20 Å². The largest absolute Gasteiger partial charge is 0.324 e. The summed E-state index contributed by atoms with van der Waals surface area (Å²) in [6, 6.07) is 3.88. The standard InChI is InChI=1S/C7H9BrN2.ClH/c1-5(9)6-3-2-4-10-7(6)8;/h2-5H,9H2,1H3;1H/t5-;/m1./s1. The zero-order valence-corrected chi connectivity index (χ0v) is 8.52. The summed E-state index contributed by atoms with van der Waals surface area (Å²) < 4.78 is 0.838. The van der Waals surface area contributed by atoms with Crippen molar-refractivity contribution in [2.75, 3.05) is 0 Å².